The van der Waals surface area contributed by atoms with Gasteiger partial charge in [-0.2, -0.15) is 5.10 Å². The minimum Gasteiger partial charge on any atom is -0.395 e. The summed E-state index contributed by atoms with van der Waals surface area (Å²) in [4.78, 5) is 16.5. The first kappa shape index (κ1) is 16.6. The summed E-state index contributed by atoms with van der Waals surface area (Å²) in [7, 11) is 0. The number of hydrogen-bond acceptors (Lipinski definition) is 6. The summed E-state index contributed by atoms with van der Waals surface area (Å²) in [5.41, 5.74) is 1.61. The maximum atomic E-state index is 12.4. The second-order valence-corrected chi connectivity index (χ2v) is 6.05. The molecule has 0 aliphatic carbocycles. The number of aliphatic hydroxyl groups excluding tert-OH is 1. The number of rotatable bonds is 6. The summed E-state index contributed by atoms with van der Waals surface area (Å²) in [6.45, 7) is 5.64. The molecular formula is C15H23N7O2. The fraction of sp³-hybridized carbons (Fsp3) is 0.600. The Hall–Kier alpha value is -2.26. The molecule has 2 aromatic heterocycles. The van der Waals surface area contributed by atoms with Crippen molar-refractivity contribution in [2.24, 2.45) is 0 Å². The molecule has 24 heavy (non-hydrogen) atoms. The summed E-state index contributed by atoms with van der Waals surface area (Å²) >= 11 is 0. The highest BCUT2D eigenvalue weighted by atomic mass is 16.3. The zero-order valence-corrected chi connectivity index (χ0v) is 13.8. The summed E-state index contributed by atoms with van der Waals surface area (Å²) in [5.74, 6) is 0.130. The maximum Gasteiger partial charge on any atom is 0.224 e. The average Bonchev–Trinajstić information content (AvgIpc) is 3.25. The van der Waals surface area contributed by atoms with Crippen molar-refractivity contribution in [1.82, 2.24) is 35.0 Å². The van der Waals surface area contributed by atoms with Crippen LogP contribution in [-0.4, -0.2) is 84.8 Å². The van der Waals surface area contributed by atoms with Crippen LogP contribution in [0.5, 0.6) is 0 Å². The molecular weight excluding hydrogens is 310 g/mol. The molecule has 1 aliphatic rings. The first-order chi connectivity index (χ1) is 11.7. The highest BCUT2D eigenvalue weighted by Crippen LogP contribution is 2.14. The van der Waals surface area contributed by atoms with Crippen LogP contribution < -0.4 is 0 Å². The van der Waals surface area contributed by atoms with E-state index >= 15 is 0 Å². The molecule has 1 fully saturated rings. The third-order valence-electron chi connectivity index (χ3n) is 4.39. The Bertz CT molecular complexity index is 655. The second kappa shape index (κ2) is 7.54. The summed E-state index contributed by atoms with van der Waals surface area (Å²) < 4.78 is 1.69. The molecule has 2 N–H and O–H groups in total. The van der Waals surface area contributed by atoms with Crippen LogP contribution in [0.3, 0.4) is 0 Å². The number of hydrogen-bond donors (Lipinski definition) is 2. The van der Waals surface area contributed by atoms with E-state index < -0.39 is 0 Å². The number of nitrogens with one attached hydrogen (secondary N) is 1. The van der Waals surface area contributed by atoms with Crippen LogP contribution >= 0.6 is 0 Å². The normalized spacial score (nSPS) is 18.9. The van der Waals surface area contributed by atoms with Crippen molar-refractivity contribution < 1.29 is 9.90 Å². The predicted octanol–water partition coefficient (Wildman–Crippen LogP) is -0.417. The van der Waals surface area contributed by atoms with Gasteiger partial charge in [0.15, 0.2) is 0 Å². The molecule has 0 bridgehead atoms. The van der Waals surface area contributed by atoms with Gasteiger partial charge in [-0.3, -0.25) is 19.5 Å². The Morgan fingerprint density at radius 3 is 3.00 bits per heavy atom. The van der Waals surface area contributed by atoms with Gasteiger partial charge in [0.25, 0.3) is 0 Å². The van der Waals surface area contributed by atoms with Crippen molar-refractivity contribution in [3.8, 4) is 11.3 Å². The highest BCUT2D eigenvalue weighted by molar-refractivity contribution is 5.76. The molecule has 0 radical (unpaired) electrons. The van der Waals surface area contributed by atoms with Crippen LogP contribution in [-0.2, 0) is 11.3 Å². The molecule has 130 valence electrons. The van der Waals surface area contributed by atoms with Crippen LogP contribution in [0.1, 0.15) is 13.3 Å². The van der Waals surface area contributed by atoms with Crippen molar-refractivity contribution in [2.45, 2.75) is 25.9 Å². The van der Waals surface area contributed by atoms with Gasteiger partial charge in [-0.15, -0.1) is 5.10 Å². The molecule has 3 heterocycles. The molecule has 0 spiro atoms. The Labute approximate surface area is 140 Å². The lowest BCUT2D eigenvalue weighted by molar-refractivity contribution is -0.134. The third-order valence-corrected chi connectivity index (χ3v) is 4.39. The Balaban J connectivity index is 1.49. The third kappa shape index (κ3) is 3.80. The van der Waals surface area contributed by atoms with Crippen LogP contribution in [0.2, 0.25) is 0 Å². The molecule has 1 aliphatic heterocycles. The van der Waals surface area contributed by atoms with E-state index in [9.17, 15) is 4.79 Å². The van der Waals surface area contributed by atoms with Gasteiger partial charge >= 0.3 is 0 Å². The van der Waals surface area contributed by atoms with E-state index in [1.807, 2.05) is 11.1 Å². The predicted molar refractivity (Wildman–Crippen MR) is 86.9 cm³/mol. The number of aliphatic hydroxyl groups is 1. The van der Waals surface area contributed by atoms with Crippen LogP contribution in [0.4, 0.5) is 0 Å². The lowest BCUT2D eigenvalue weighted by Gasteiger charge is -2.39. The first-order valence-electron chi connectivity index (χ1n) is 8.19. The smallest absolute Gasteiger partial charge is 0.224 e. The Morgan fingerprint density at radius 1 is 1.42 bits per heavy atom. The van der Waals surface area contributed by atoms with E-state index in [0.717, 1.165) is 17.8 Å². The number of carbonyl (C=O) groups is 1. The van der Waals surface area contributed by atoms with Gasteiger partial charge in [0.05, 0.1) is 25.5 Å². The van der Waals surface area contributed by atoms with Gasteiger partial charge in [-0.05, 0) is 6.92 Å². The quantitative estimate of drug-likeness (QED) is 0.744. The average molecular weight is 333 g/mol. The van der Waals surface area contributed by atoms with Crippen LogP contribution in [0.15, 0.2) is 18.6 Å². The van der Waals surface area contributed by atoms with Crippen molar-refractivity contribution in [2.75, 3.05) is 32.8 Å². The molecule has 1 atom stereocenters. The first-order valence-corrected chi connectivity index (χ1v) is 8.19. The highest BCUT2D eigenvalue weighted by Gasteiger charge is 2.25. The van der Waals surface area contributed by atoms with E-state index in [0.29, 0.717) is 32.6 Å². The fourth-order valence-corrected chi connectivity index (χ4v) is 2.98. The number of piperazine rings is 1. The molecule has 9 nitrogen and oxygen atoms in total. The van der Waals surface area contributed by atoms with E-state index in [1.165, 1.54) is 0 Å². The molecule has 9 heteroatoms. The van der Waals surface area contributed by atoms with Crippen molar-refractivity contribution in [1.29, 1.82) is 0 Å². The van der Waals surface area contributed by atoms with Crippen LogP contribution in [0, 0.1) is 0 Å². The number of β-amino-alcohol motifs (C(OH)–C–C–N with tert-alkyl or cyclic N) is 1. The van der Waals surface area contributed by atoms with Gasteiger partial charge in [0.2, 0.25) is 5.91 Å². The standard InChI is InChI=1S/C15H23N7O2/c1-12-10-21(5-4-20(12)6-7-23)15(24)2-3-22-11-14(18-19-22)13-8-16-17-9-13/h8-9,11-12,23H,2-7,10H2,1H3,(H,16,17). The SMILES string of the molecule is CC1CN(C(=O)CCn2cc(-c3cn[nH]c3)nn2)CCN1CCO. The molecule has 0 aromatic carbocycles. The van der Waals surface area contributed by atoms with Gasteiger partial charge in [-0.25, -0.2) is 0 Å². The Kier molecular flexibility index (Phi) is 5.21. The maximum absolute atomic E-state index is 12.4. The lowest BCUT2D eigenvalue weighted by Crippen LogP contribution is -2.54. The van der Waals surface area contributed by atoms with Gasteiger partial charge < -0.3 is 10.0 Å². The van der Waals surface area contributed by atoms with E-state index in [4.69, 9.17) is 5.11 Å². The molecule has 2 aromatic rings. The van der Waals surface area contributed by atoms with Crippen molar-refractivity contribution in [3.05, 3.63) is 18.6 Å². The minimum absolute atomic E-state index is 0.130. The second-order valence-electron chi connectivity index (χ2n) is 6.05. The number of amides is 1. The summed E-state index contributed by atoms with van der Waals surface area (Å²) in [5, 5.41) is 23.8. The van der Waals surface area contributed by atoms with Crippen molar-refractivity contribution in [3.63, 3.8) is 0 Å². The monoisotopic (exact) mass is 333 g/mol. The van der Waals surface area contributed by atoms with Gasteiger partial charge in [0.1, 0.15) is 5.69 Å². The van der Waals surface area contributed by atoms with E-state index in [-0.39, 0.29) is 18.6 Å². The Morgan fingerprint density at radius 2 is 2.29 bits per heavy atom. The largest absolute Gasteiger partial charge is 0.395 e. The molecule has 1 saturated heterocycles. The number of nitrogens with zero attached hydrogens (tertiary/aromatic N) is 6. The van der Waals surface area contributed by atoms with Gasteiger partial charge in [-0.1, -0.05) is 5.21 Å². The molecule has 3 rings (SSSR count). The number of carbonyl (C=O) groups excluding carboxylic acids is 1. The number of H-pyrrole nitrogens is 1. The van der Waals surface area contributed by atoms with Crippen molar-refractivity contribution >= 4 is 5.91 Å². The zero-order valence-electron chi connectivity index (χ0n) is 13.8. The summed E-state index contributed by atoms with van der Waals surface area (Å²) in [6.07, 6.45) is 5.67. The number of aromatic amines is 1. The van der Waals surface area contributed by atoms with E-state index in [1.54, 1.807) is 17.1 Å². The topological polar surface area (TPSA) is 103 Å². The van der Waals surface area contributed by atoms with Crippen LogP contribution in [0.25, 0.3) is 11.3 Å². The fourth-order valence-electron chi connectivity index (χ4n) is 2.98. The number of aryl methyl sites for hydroxylation is 1. The zero-order chi connectivity index (χ0) is 16.9. The minimum atomic E-state index is 0.130. The van der Waals surface area contributed by atoms with Gasteiger partial charge in [0, 0.05) is 50.4 Å². The summed E-state index contributed by atoms with van der Waals surface area (Å²) in [6, 6.07) is 0.272. The lowest BCUT2D eigenvalue weighted by atomic mass is 10.2. The molecule has 1 amide bonds. The molecule has 1 unspecified atom stereocenters. The number of aromatic nitrogens is 5. The molecule has 0 saturated carbocycles. The van der Waals surface area contributed by atoms with E-state index in [2.05, 4.69) is 32.3 Å².